The number of benzene rings is 1. The molecular weight excluding hydrogens is 202 g/mol. The molecule has 82 valence electrons. The second-order valence-corrected chi connectivity index (χ2v) is 2.81. The number of para-hydroxylation sites is 2. The Morgan fingerprint density at radius 2 is 2.13 bits per heavy atom. The summed E-state index contributed by atoms with van der Waals surface area (Å²) >= 11 is 0. The average Bonchev–Trinajstić information content (AvgIpc) is 2.18. The van der Waals surface area contributed by atoms with Crippen molar-refractivity contribution in [2.75, 3.05) is 6.61 Å². The lowest BCUT2D eigenvalue weighted by molar-refractivity contribution is -0.386. The van der Waals surface area contributed by atoms with Crippen molar-refractivity contribution in [1.29, 1.82) is 0 Å². The molecule has 0 spiro atoms. The van der Waals surface area contributed by atoms with E-state index in [-0.39, 0.29) is 24.5 Å². The molecule has 0 saturated heterocycles. The molecule has 1 rings (SSSR count). The standard InChI is InChI=1S/C9H11NO5/c11-6-5-9(12)15-8-4-2-1-3-7(8)10(13)14/h1-4,9,11-12H,5-6H2. The Labute approximate surface area is 85.9 Å². The SMILES string of the molecule is O=[N+]([O-])c1ccccc1OC(O)CCO. The number of nitro benzene ring substituents is 1. The molecule has 1 unspecified atom stereocenters. The second-order valence-electron chi connectivity index (χ2n) is 2.81. The van der Waals surface area contributed by atoms with Crippen LogP contribution < -0.4 is 4.74 Å². The summed E-state index contributed by atoms with van der Waals surface area (Å²) in [6, 6.07) is 5.73. The fraction of sp³-hybridized carbons (Fsp3) is 0.333. The highest BCUT2D eigenvalue weighted by molar-refractivity contribution is 5.45. The normalized spacial score (nSPS) is 12.1. The van der Waals surface area contributed by atoms with Crippen LogP contribution in [0, 0.1) is 10.1 Å². The molecule has 0 radical (unpaired) electrons. The van der Waals surface area contributed by atoms with E-state index in [1.165, 1.54) is 18.2 Å². The van der Waals surface area contributed by atoms with Gasteiger partial charge in [-0.05, 0) is 6.07 Å². The van der Waals surface area contributed by atoms with E-state index in [4.69, 9.17) is 9.84 Å². The third kappa shape index (κ3) is 3.19. The number of aliphatic hydroxyl groups excluding tert-OH is 2. The monoisotopic (exact) mass is 213 g/mol. The van der Waals surface area contributed by atoms with Gasteiger partial charge in [-0.1, -0.05) is 12.1 Å². The second kappa shape index (κ2) is 5.28. The average molecular weight is 213 g/mol. The lowest BCUT2D eigenvalue weighted by Gasteiger charge is -2.11. The molecule has 0 aliphatic carbocycles. The predicted octanol–water partition coefficient (Wildman–Crippen LogP) is 0.674. The van der Waals surface area contributed by atoms with E-state index in [1.54, 1.807) is 6.07 Å². The molecule has 0 fully saturated rings. The Morgan fingerprint density at radius 3 is 2.73 bits per heavy atom. The summed E-state index contributed by atoms with van der Waals surface area (Å²) in [7, 11) is 0. The van der Waals surface area contributed by atoms with Gasteiger partial charge in [0.1, 0.15) is 0 Å². The van der Waals surface area contributed by atoms with Crippen LogP contribution in [0.15, 0.2) is 24.3 Å². The predicted molar refractivity (Wildman–Crippen MR) is 51.4 cm³/mol. The van der Waals surface area contributed by atoms with Crippen LogP contribution in [0.25, 0.3) is 0 Å². The molecule has 0 aromatic heterocycles. The third-order valence-corrected chi connectivity index (χ3v) is 1.70. The minimum atomic E-state index is -1.24. The van der Waals surface area contributed by atoms with Crippen LogP contribution in [0.3, 0.4) is 0 Å². The van der Waals surface area contributed by atoms with Gasteiger partial charge in [-0.25, -0.2) is 0 Å². The maximum atomic E-state index is 10.6. The molecule has 0 heterocycles. The zero-order chi connectivity index (χ0) is 11.3. The molecule has 0 aliphatic rings. The van der Waals surface area contributed by atoms with E-state index in [1.807, 2.05) is 0 Å². The van der Waals surface area contributed by atoms with E-state index in [2.05, 4.69) is 0 Å². The van der Waals surface area contributed by atoms with Crippen LogP contribution in [0.4, 0.5) is 5.69 Å². The third-order valence-electron chi connectivity index (χ3n) is 1.70. The maximum Gasteiger partial charge on any atom is 0.311 e. The zero-order valence-corrected chi connectivity index (χ0v) is 7.87. The molecule has 6 nitrogen and oxygen atoms in total. The number of nitrogens with zero attached hydrogens (tertiary/aromatic N) is 1. The number of aliphatic hydroxyl groups is 2. The minimum absolute atomic E-state index is 0.00600. The van der Waals surface area contributed by atoms with Crippen molar-refractivity contribution in [1.82, 2.24) is 0 Å². The summed E-state index contributed by atoms with van der Waals surface area (Å²) in [4.78, 5) is 9.96. The maximum absolute atomic E-state index is 10.6. The highest BCUT2D eigenvalue weighted by atomic mass is 16.6. The van der Waals surface area contributed by atoms with Crippen molar-refractivity contribution in [2.45, 2.75) is 12.7 Å². The number of rotatable bonds is 5. The topological polar surface area (TPSA) is 92.8 Å². The molecule has 0 saturated carbocycles. The van der Waals surface area contributed by atoms with Gasteiger partial charge in [0.05, 0.1) is 4.92 Å². The van der Waals surface area contributed by atoms with Crippen molar-refractivity contribution in [3.63, 3.8) is 0 Å². The summed E-state index contributed by atoms with van der Waals surface area (Å²) in [5.41, 5.74) is -0.213. The highest BCUT2D eigenvalue weighted by Crippen LogP contribution is 2.26. The molecule has 2 N–H and O–H groups in total. The van der Waals surface area contributed by atoms with Crippen molar-refractivity contribution < 1.29 is 19.9 Å². The van der Waals surface area contributed by atoms with E-state index >= 15 is 0 Å². The van der Waals surface area contributed by atoms with Crippen molar-refractivity contribution >= 4 is 5.69 Å². The van der Waals surface area contributed by atoms with Gasteiger partial charge >= 0.3 is 5.69 Å². The smallest absolute Gasteiger partial charge is 0.311 e. The first-order valence-electron chi connectivity index (χ1n) is 4.34. The Balaban J connectivity index is 2.79. The van der Waals surface area contributed by atoms with Crippen LogP contribution in [0.1, 0.15) is 6.42 Å². The summed E-state index contributed by atoms with van der Waals surface area (Å²) in [5.74, 6) is -0.0107. The molecule has 0 amide bonds. The first kappa shape index (κ1) is 11.4. The Hall–Kier alpha value is -1.66. The fourth-order valence-corrected chi connectivity index (χ4v) is 1.02. The van der Waals surface area contributed by atoms with E-state index < -0.39 is 11.2 Å². The molecule has 1 aromatic carbocycles. The van der Waals surface area contributed by atoms with Gasteiger partial charge in [-0.15, -0.1) is 0 Å². The summed E-state index contributed by atoms with van der Waals surface area (Å²) in [6.07, 6.45) is -1.23. The van der Waals surface area contributed by atoms with E-state index in [0.29, 0.717) is 0 Å². The molecule has 1 atom stereocenters. The van der Waals surface area contributed by atoms with Crippen molar-refractivity contribution in [3.05, 3.63) is 34.4 Å². The Kier molecular flexibility index (Phi) is 4.02. The molecule has 15 heavy (non-hydrogen) atoms. The Bertz CT molecular complexity index is 341. The van der Waals surface area contributed by atoms with Gasteiger partial charge in [-0.3, -0.25) is 10.1 Å². The van der Waals surface area contributed by atoms with Gasteiger partial charge in [-0.2, -0.15) is 0 Å². The van der Waals surface area contributed by atoms with Crippen LogP contribution in [-0.2, 0) is 0 Å². The fourth-order valence-electron chi connectivity index (χ4n) is 1.02. The van der Waals surface area contributed by atoms with Gasteiger partial charge in [0.25, 0.3) is 0 Å². The number of hydrogen-bond donors (Lipinski definition) is 2. The number of nitro groups is 1. The molecule has 6 heteroatoms. The summed E-state index contributed by atoms with van der Waals surface area (Å²) < 4.78 is 4.90. The van der Waals surface area contributed by atoms with Crippen LogP contribution in [0.5, 0.6) is 5.75 Å². The number of hydrogen-bond acceptors (Lipinski definition) is 5. The van der Waals surface area contributed by atoms with Crippen molar-refractivity contribution in [2.24, 2.45) is 0 Å². The molecule has 1 aromatic rings. The zero-order valence-electron chi connectivity index (χ0n) is 7.87. The van der Waals surface area contributed by atoms with Crippen LogP contribution >= 0.6 is 0 Å². The first-order chi connectivity index (χ1) is 7.15. The van der Waals surface area contributed by atoms with E-state index in [9.17, 15) is 15.2 Å². The lowest BCUT2D eigenvalue weighted by atomic mass is 10.3. The minimum Gasteiger partial charge on any atom is -0.458 e. The largest absolute Gasteiger partial charge is 0.458 e. The lowest BCUT2D eigenvalue weighted by Crippen LogP contribution is -2.17. The Morgan fingerprint density at radius 1 is 1.47 bits per heavy atom. The van der Waals surface area contributed by atoms with E-state index in [0.717, 1.165) is 0 Å². The quantitative estimate of drug-likeness (QED) is 0.426. The van der Waals surface area contributed by atoms with Crippen molar-refractivity contribution in [3.8, 4) is 5.75 Å². The van der Waals surface area contributed by atoms with Crippen LogP contribution in [-0.4, -0.2) is 28.0 Å². The molecular formula is C9H11NO5. The van der Waals surface area contributed by atoms with Crippen LogP contribution in [0.2, 0.25) is 0 Å². The summed E-state index contributed by atoms with van der Waals surface area (Å²) in [6.45, 7) is -0.248. The molecule has 0 aliphatic heterocycles. The number of ether oxygens (including phenoxy) is 1. The highest BCUT2D eigenvalue weighted by Gasteiger charge is 2.16. The first-order valence-corrected chi connectivity index (χ1v) is 4.34. The van der Waals surface area contributed by atoms with Gasteiger partial charge in [0.15, 0.2) is 12.0 Å². The molecule has 0 bridgehead atoms. The summed E-state index contributed by atoms with van der Waals surface area (Å²) in [5, 5.41) is 28.3. The van der Waals surface area contributed by atoms with Gasteiger partial charge < -0.3 is 14.9 Å². The van der Waals surface area contributed by atoms with Gasteiger partial charge in [0, 0.05) is 19.1 Å². The van der Waals surface area contributed by atoms with Gasteiger partial charge in [0.2, 0.25) is 0 Å².